The third-order valence-corrected chi connectivity index (χ3v) is 7.18. The molecule has 3 heterocycles. The van der Waals surface area contributed by atoms with Crippen LogP contribution in [-0.4, -0.2) is 57.6 Å². The Morgan fingerprint density at radius 1 is 1.19 bits per heavy atom. The van der Waals surface area contributed by atoms with Crippen molar-refractivity contribution in [3.8, 4) is 0 Å². The lowest BCUT2D eigenvalue weighted by Gasteiger charge is -2.34. The number of rotatable bonds is 6. The van der Waals surface area contributed by atoms with Crippen LogP contribution in [0.25, 0.3) is 0 Å². The molecular weight excluding hydrogens is 466 g/mol. The summed E-state index contributed by atoms with van der Waals surface area (Å²) in [7, 11) is 0. The fourth-order valence-electron chi connectivity index (χ4n) is 3.39. The molecule has 3 aromatic rings. The van der Waals surface area contributed by atoms with Crippen LogP contribution in [0.2, 0.25) is 5.02 Å². The summed E-state index contributed by atoms with van der Waals surface area (Å²) >= 11 is 9.25. The van der Waals surface area contributed by atoms with E-state index in [0.717, 1.165) is 37.6 Å². The fourth-order valence-corrected chi connectivity index (χ4v) is 4.91. The largest absolute Gasteiger partial charge is 0.354 e. The maximum Gasteiger partial charge on any atom is 0.267 e. The molecule has 1 amide bonds. The highest BCUT2D eigenvalue weighted by Crippen LogP contribution is 2.28. The molecule has 0 radical (unpaired) electrons. The van der Waals surface area contributed by atoms with Crippen LogP contribution in [0, 0.1) is 13.8 Å². The van der Waals surface area contributed by atoms with E-state index in [0.29, 0.717) is 32.4 Å². The molecule has 4 rings (SSSR count). The van der Waals surface area contributed by atoms with Crippen LogP contribution in [0.15, 0.2) is 30.5 Å². The van der Waals surface area contributed by atoms with Crippen molar-refractivity contribution >= 4 is 63.2 Å². The lowest BCUT2D eigenvalue weighted by atomic mass is 10.2. The minimum Gasteiger partial charge on any atom is -0.354 e. The van der Waals surface area contributed by atoms with Gasteiger partial charge in [0, 0.05) is 32.2 Å². The molecule has 0 saturated carbocycles. The van der Waals surface area contributed by atoms with E-state index in [1.807, 2.05) is 32.0 Å². The zero-order chi connectivity index (χ0) is 22.7. The minimum atomic E-state index is -0.252. The molecule has 0 bridgehead atoms. The second kappa shape index (κ2) is 10.0. The number of para-hydroxylation sites is 1. The second-order valence-electron chi connectivity index (χ2n) is 7.30. The van der Waals surface area contributed by atoms with E-state index < -0.39 is 0 Å². The third kappa shape index (κ3) is 5.32. The first-order valence-electron chi connectivity index (χ1n) is 10.1. The molecule has 1 aromatic carbocycles. The molecule has 0 unspecified atom stereocenters. The predicted molar refractivity (Wildman–Crippen MR) is 134 cm³/mol. The summed E-state index contributed by atoms with van der Waals surface area (Å²) in [4.78, 5) is 28.9. The van der Waals surface area contributed by atoms with Gasteiger partial charge in [0.15, 0.2) is 5.13 Å². The summed E-state index contributed by atoms with van der Waals surface area (Å²) in [6, 6.07) is 7.43. The van der Waals surface area contributed by atoms with E-state index in [-0.39, 0.29) is 5.91 Å². The number of halogens is 1. The van der Waals surface area contributed by atoms with Gasteiger partial charge in [-0.2, -0.15) is 0 Å². The van der Waals surface area contributed by atoms with Crippen molar-refractivity contribution in [2.75, 3.05) is 48.0 Å². The molecular formula is C21H24ClN7OS2. The number of piperazine rings is 1. The van der Waals surface area contributed by atoms with Crippen LogP contribution >= 0.6 is 34.9 Å². The SMILES string of the molecule is CSN1CCN(c2cc(Nc3ncc(C(=O)Nc4c(C)cccc4Cl)s3)nc(C)n2)CC1. The predicted octanol–water partition coefficient (Wildman–Crippen LogP) is 4.60. The van der Waals surface area contributed by atoms with Crippen molar-refractivity contribution in [3.63, 3.8) is 0 Å². The number of benzene rings is 1. The first kappa shape index (κ1) is 22.8. The lowest BCUT2D eigenvalue weighted by molar-refractivity contribution is 0.103. The Labute approximate surface area is 200 Å². The zero-order valence-electron chi connectivity index (χ0n) is 18.1. The molecule has 1 aliphatic heterocycles. The maximum absolute atomic E-state index is 12.7. The molecule has 1 fully saturated rings. The number of aromatic nitrogens is 3. The first-order valence-corrected chi connectivity index (χ1v) is 12.5. The Hall–Kier alpha value is -2.40. The summed E-state index contributed by atoms with van der Waals surface area (Å²) in [5.41, 5.74) is 1.51. The average Bonchev–Trinajstić information content (AvgIpc) is 3.24. The van der Waals surface area contributed by atoms with Crippen LogP contribution < -0.4 is 15.5 Å². The van der Waals surface area contributed by atoms with Gasteiger partial charge in [0.2, 0.25) is 0 Å². The van der Waals surface area contributed by atoms with Gasteiger partial charge in [-0.05, 0) is 31.7 Å². The number of hydrogen-bond donors (Lipinski definition) is 2. The minimum absolute atomic E-state index is 0.252. The van der Waals surface area contributed by atoms with Crippen molar-refractivity contribution in [3.05, 3.63) is 51.7 Å². The van der Waals surface area contributed by atoms with E-state index >= 15 is 0 Å². The summed E-state index contributed by atoms with van der Waals surface area (Å²) in [5.74, 6) is 1.98. The van der Waals surface area contributed by atoms with Gasteiger partial charge >= 0.3 is 0 Å². The molecule has 2 aromatic heterocycles. The van der Waals surface area contributed by atoms with Crippen LogP contribution in [0.5, 0.6) is 0 Å². The molecule has 0 spiro atoms. The number of anilines is 4. The van der Waals surface area contributed by atoms with Crippen LogP contribution in [-0.2, 0) is 0 Å². The number of hydrogen-bond acceptors (Lipinski definition) is 9. The summed E-state index contributed by atoms with van der Waals surface area (Å²) < 4.78 is 2.34. The monoisotopic (exact) mass is 489 g/mol. The summed E-state index contributed by atoms with van der Waals surface area (Å²) in [6.07, 6.45) is 3.65. The van der Waals surface area contributed by atoms with Crippen molar-refractivity contribution in [2.45, 2.75) is 13.8 Å². The van der Waals surface area contributed by atoms with E-state index in [2.05, 4.69) is 41.0 Å². The smallest absolute Gasteiger partial charge is 0.267 e. The number of carbonyl (C=O) groups is 1. The molecule has 1 saturated heterocycles. The lowest BCUT2D eigenvalue weighted by Crippen LogP contribution is -2.43. The number of nitrogens with one attached hydrogen (secondary N) is 2. The highest BCUT2D eigenvalue weighted by atomic mass is 35.5. The Kier molecular flexibility index (Phi) is 7.14. The van der Waals surface area contributed by atoms with Crippen molar-refractivity contribution in [1.29, 1.82) is 0 Å². The van der Waals surface area contributed by atoms with Gasteiger partial charge in [-0.25, -0.2) is 19.3 Å². The van der Waals surface area contributed by atoms with Gasteiger partial charge in [0.25, 0.3) is 5.91 Å². The maximum atomic E-state index is 12.7. The van der Waals surface area contributed by atoms with Crippen molar-refractivity contribution in [1.82, 2.24) is 19.3 Å². The Bertz CT molecular complexity index is 1100. The van der Waals surface area contributed by atoms with Gasteiger partial charge in [0.05, 0.1) is 16.9 Å². The van der Waals surface area contributed by atoms with Crippen molar-refractivity contribution in [2.24, 2.45) is 0 Å². The molecule has 32 heavy (non-hydrogen) atoms. The average molecular weight is 490 g/mol. The molecule has 11 heteroatoms. The fraction of sp³-hybridized carbons (Fsp3) is 0.333. The number of carbonyl (C=O) groups excluding carboxylic acids is 1. The van der Waals surface area contributed by atoms with E-state index in [4.69, 9.17) is 11.6 Å². The topological polar surface area (TPSA) is 86.3 Å². The van der Waals surface area contributed by atoms with Crippen LogP contribution in [0.1, 0.15) is 21.1 Å². The van der Waals surface area contributed by atoms with Crippen molar-refractivity contribution < 1.29 is 4.79 Å². The highest BCUT2D eigenvalue weighted by Gasteiger charge is 2.19. The van der Waals surface area contributed by atoms with Gasteiger partial charge < -0.3 is 15.5 Å². The van der Waals surface area contributed by atoms with E-state index in [1.54, 1.807) is 24.2 Å². The Balaban J connectivity index is 1.45. The quantitative estimate of drug-likeness (QED) is 0.486. The third-order valence-electron chi connectivity index (χ3n) is 5.07. The summed E-state index contributed by atoms with van der Waals surface area (Å²) in [5, 5.41) is 7.18. The number of aryl methyl sites for hydroxylation is 2. The Morgan fingerprint density at radius 3 is 2.69 bits per heavy atom. The molecule has 1 aliphatic rings. The zero-order valence-corrected chi connectivity index (χ0v) is 20.4. The number of thiazole rings is 1. The second-order valence-corrected chi connectivity index (χ2v) is 9.62. The van der Waals surface area contributed by atoms with Gasteiger partial charge in [-0.1, -0.05) is 47.0 Å². The van der Waals surface area contributed by atoms with Crippen LogP contribution in [0.4, 0.5) is 22.5 Å². The molecule has 168 valence electrons. The normalized spacial score (nSPS) is 14.4. The summed E-state index contributed by atoms with van der Waals surface area (Å²) in [6.45, 7) is 7.59. The van der Waals surface area contributed by atoms with Gasteiger partial charge in [-0.15, -0.1) is 0 Å². The molecule has 2 N–H and O–H groups in total. The van der Waals surface area contributed by atoms with E-state index in [1.165, 1.54) is 11.3 Å². The molecule has 8 nitrogen and oxygen atoms in total. The highest BCUT2D eigenvalue weighted by molar-refractivity contribution is 7.96. The van der Waals surface area contributed by atoms with E-state index in [9.17, 15) is 4.79 Å². The van der Waals surface area contributed by atoms with Gasteiger partial charge in [0.1, 0.15) is 22.3 Å². The Morgan fingerprint density at radius 2 is 1.97 bits per heavy atom. The van der Waals surface area contributed by atoms with Crippen LogP contribution in [0.3, 0.4) is 0 Å². The standard InChI is InChI=1S/C21H24ClN7OS2/c1-13-5-4-6-15(22)19(13)27-20(30)16-12-23-21(32-16)26-17-11-18(25-14(2)24-17)28-7-9-29(31-3)10-8-28/h4-6,11-12H,7-10H2,1-3H3,(H,27,30)(H,23,24,25,26). The molecule has 0 atom stereocenters. The molecule has 0 aliphatic carbocycles. The number of amides is 1. The first-order chi connectivity index (χ1) is 15.4. The number of nitrogens with zero attached hydrogens (tertiary/aromatic N) is 5. The van der Waals surface area contributed by atoms with Gasteiger partial charge in [-0.3, -0.25) is 4.79 Å².